The molecule has 1 aliphatic carbocycles. The molecule has 1 heterocycles. The highest BCUT2D eigenvalue weighted by Gasteiger charge is 2.32. The molecule has 0 amide bonds. The number of fused-ring (bicyclic) bond motifs is 2. The second-order valence-corrected chi connectivity index (χ2v) is 8.33. The van der Waals surface area contributed by atoms with E-state index >= 15 is 0 Å². The predicted octanol–water partition coefficient (Wildman–Crippen LogP) is 7.44. The Labute approximate surface area is 175 Å². The van der Waals surface area contributed by atoms with Gasteiger partial charge < -0.3 is 9.47 Å². The molecule has 2 aliphatic rings. The fourth-order valence-corrected chi connectivity index (χ4v) is 4.79. The largest absolute Gasteiger partial charge is 0.486 e. The van der Waals surface area contributed by atoms with Crippen molar-refractivity contribution < 1.29 is 22.6 Å². The highest BCUT2D eigenvalue weighted by atomic mass is 19.2. The summed E-state index contributed by atoms with van der Waals surface area (Å²) >= 11 is 0. The van der Waals surface area contributed by atoms with Crippen LogP contribution in [0.25, 0.3) is 0 Å². The molecular weight excluding hydrogens is 389 g/mol. The molecule has 4 rings (SSSR count). The first-order chi connectivity index (χ1) is 14.5. The van der Waals surface area contributed by atoms with E-state index < -0.39 is 17.5 Å². The van der Waals surface area contributed by atoms with E-state index in [0.29, 0.717) is 29.0 Å². The molecule has 5 heteroatoms. The number of ether oxygens (including phenoxy) is 2. The van der Waals surface area contributed by atoms with Gasteiger partial charge in [0.2, 0.25) is 11.6 Å². The van der Waals surface area contributed by atoms with Crippen molar-refractivity contribution in [2.45, 2.75) is 57.8 Å². The van der Waals surface area contributed by atoms with Crippen molar-refractivity contribution in [1.82, 2.24) is 0 Å². The fraction of sp³-hybridized carbons (Fsp3) is 0.440. The maximum atomic E-state index is 15.0. The van der Waals surface area contributed by atoms with Crippen LogP contribution in [0.1, 0.15) is 68.1 Å². The Morgan fingerprint density at radius 3 is 2.47 bits per heavy atom. The van der Waals surface area contributed by atoms with Gasteiger partial charge in [-0.25, -0.2) is 4.39 Å². The molecule has 2 aromatic carbocycles. The topological polar surface area (TPSA) is 18.5 Å². The lowest BCUT2D eigenvalue weighted by Crippen LogP contribution is -2.16. The first-order valence-electron chi connectivity index (χ1n) is 10.8. The van der Waals surface area contributed by atoms with Gasteiger partial charge in [-0.15, -0.1) is 0 Å². The molecule has 0 N–H and O–H groups in total. The van der Waals surface area contributed by atoms with E-state index in [1.54, 1.807) is 12.1 Å². The summed E-state index contributed by atoms with van der Waals surface area (Å²) in [5.74, 6) is -2.22. The maximum Gasteiger partial charge on any atom is 0.207 e. The predicted molar refractivity (Wildman–Crippen MR) is 111 cm³/mol. The minimum atomic E-state index is -1.03. The first-order valence-corrected chi connectivity index (χ1v) is 10.8. The summed E-state index contributed by atoms with van der Waals surface area (Å²) in [6.45, 7) is 5.85. The lowest BCUT2D eigenvalue weighted by atomic mass is 9.76. The Morgan fingerprint density at radius 1 is 1.03 bits per heavy atom. The first kappa shape index (κ1) is 20.8. The summed E-state index contributed by atoms with van der Waals surface area (Å²) in [6.07, 6.45) is 7.99. The SMILES string of the molecule is C=CCOc1ccc2c(c1F)Oc1c(cc(C3CCC(CCC)CC3)c(F)c1F)C2. The summed E-state index contributed by atoms with van der Waals surface area (Å²) in [4.78, 5) is 0. The van der Waals surface area contributed by atoms with Gasteiger partial charge in [0.05, 0.1) is 0 Å². The van der Waals surface area contributed by atoms with Crippen LogP contribution in [0.4, 0.5) is 13.2 Å². The molecule has 1 saturated carbocycles. The van der Waals surface area contributed by atoms with Crippen molar-refractivity contribution in [2.24, 2.45) is 5.92 Å². The van der Waals surface area contributed by atoms with Gasteiger partial charge in [-0.3, -0.25) is 0 Å². The second kappa shape index (κ2) is 8.75. The summed E-state index contributed by atoms with van der Waals surface area (Å²) in [5, 5.41) is 0. The molecule has 0 spiro atoms. The van der Waals surface area contributed by atoms with Crippen molar-refractivity contribution in [3.05, 3.63) is 65.0 Å². The van der Waals surface area contributed by atoms with Gasteiger partial charge >= 0.3 is 0 Å². The van der Waals surface area contributed by atoms with Gasteiger partial charge in [-0.2, -0.15) is 8.78 Å². The monoisotopic (exact) mass is 416 g/mol. The average molecular weight is 416 g/mol. The summed E-state index contributed by atoms with van der Waals surface area (Å²) in [5.41, 5.74) is 1.58. The van der Waals surface area contributed by atoms with Crippen LogP contribution in [0.15, 0.2) is 30.9 Å². The average Bonchev–Trinajstić information content (AvgIpc) is 2.76. The van der Waals surface area contributed by atoms with E-state index in [2.05, 4.69) is 13.5 Å². The third-order valence-electron chi connectivity index (χ3n) is 6.34. The van der Waals surface area contributed by atoms with Gasteiger partial charge in [-0.1, -0.05) is 38.5 Å². The van der Waals surface area contributed by atoms with Gasteiger partial charge in [0.1, 0.15) is 6.61 Å². The lowest BCUT2D eigenvalue weighted by molar-refractivity contribution is 0.300. The molecule has 1 aliphatic heterocycles. The van der Waals surface area contributed by atoms with Crippen LogP contribution in [0.5, 0.6) is 17.2 Å². The number of hydrogen-bond donors (Lipinski definition) is 0. The van der Waals surface area contributed by atoms with Gasteiger partial charge in [0.15, 0.2) is 23.1 Å². The fourth-order valence-electron chi connectivity index (χ4n) is 4.79. The van der Waals surface area contributed by atoms with E-state index in [1.165, 1.54) is 18.6 Å². The molecule has 160 valence electrons. The molecule has 2 aromatic rings. The molecule has 0 saturated heterocycles. The zero-order valence-corrected chi connectivity index (χ0v) is 17.3. The van der Waals surface area contributed by atoms with Crippen LogP contribution >= 0.6 is 0 Å². The minimum Gasteiger partial charge on any atom is -0.486 e. The van der Waals surface area contributed by atoms with Crippen LogP contribution in [-0.4, -0.2) is 6.61 Å². The van der Waals surface area contributed by atoms with Gasteiger partial charge in [0, 0.05) is 17.5 Å². The summed E-state index contributed by atoms with van der Waals surface area (Å²) in [7, 11) is 0. The molecule has 0 atom stereocenters. The smallest absolute Gasteiger partial charge is 0.207 e. The third-order valence-corrected chi connectivity index (χ3v) is 6.34. The van der Waals surface area contributed by atoms with Crippen LogP contribution in [0, 0.1) is 23.4 Å². The van der Waals surface area contributed by atoms with Crippen molar-refractivity contribution in [1.29, 1.82) is 0 Å². The number of rotatable bonds is 6. The summed E-state index contributed by atoms with van der Waals surface area (Å²) in [6, 6.07) is 4.96. The quantitative estimate of drug-likeness (QED) is 0.389. The van der Waals surface area contributed by atoms with Crippen LogP contribution in [0.3, 0.4) is 0 Å². The van der Waals surface area contributed by atoms with Crippen LogP contribution < -0.4 is 9.47 Å². The van der Waals surface area contributed by atoms with Crippen molar-refractivity contribution in [3.63, 3.8) is 0 Å². The number of hydrogen-bond acceptors (Lipinski definition) is 2. The Balaban J connectivity index is 1.62. The highest BCUT2D eigenvalue weighted by molar-refractivity contribution is 5.55. The Bertz CT molecular complexity index is 946. The normalized spacial score (nSPS) is 20.1. The molecule has 30 heavy (non-hydrogen) atoms. The third kappa shape index (κ3) is 3.82. The van der Waals surface area contributed by atoms with E-state index in [1.807, 2.05) is 0 Å². The number of halogens is 3. The zero-order valence-electron chi connectivity index (χ0n) is 17.3. The molecule has 1 fully saturated rings. The van der Waals surface area contributed by atoms with Crippen molar-refractivity contribution >= 4 is 0 Å². The Hall–Kier alpha value is -2.43. The van der Waals surface area contributed by atoms with E-state index in [9.17, 15) is 13.2 Å². The molecular formula is C25H27F3O2. The zero-order chi connectivity index (χ0) is 21.3. The van der Waals surface area contributed by atoms with Crippen molar-refractivity contribution in [2.75, 3.05) is 6.61 Å². The van der Waals surface area contributed by atoms with E-state index in [4.69, 9.17) is 9.47 Å². The Morgan fingerprint density at radius 2 is 1.77 bits per heavy atom. The van der Waals surface area contributed by atoms with Crippen LogP contribution in [0.2, 0.25) is 0 Å². The molecule has 2 nitrogen and oxygen atoms in total. The summed E-state index contributed by atoms with van der Waals surface area (Å²) < 4.78 is 55.5. The minimum absolute atomic E-state index is 0.00145. The second-order valence-electron chi connectivity index (χ2n) is 8.33. The highest BCUT2D eigenvalue weighted by Crippen LogP contribution is 2.46. The van der Waals surface area contributed by atoms with Crippen LogP contribution in [-0.2, 0) is 6.42 Å². The maximum absolute atomic E-state index is 15.0. The molecule has 0 unspecified atom stereocenters. The Kier molecular flexibility index (Phi) is 6.07. The van der Waals surface area contributed by atoms with Gasteiger partial charge in [-0.05, 0) is 55.2 Å². The standard InChI is InChI=1S/C25H27F3O2/c1-3-5-15-6-8-16(9-7-15)19-14-18-13-17-10-11-20(29-12-4-2)22(27)24(17)30-25(18)23(28)21(19)26/h4,10-11,14-16H,2-3,5-9,12-13H2,1H3. The number of benzene rings is 2. The molecule has 0 bridgehead atoms. The van der Waals surface area contributed by atoms with Gasteiger partial charge in [0.25, 0.3) is 0 Å². The molecule has 0 radical (unpaired) electrons. The van der Waals surface area contributed by atoms with E-state index in [-0.39, 0.29) is 29.8 Å². The molecule has 0 aromatic heterocycles. The van der Waals surface area contributed by atoms with E-state index in [0.717, 1.165) is 32.1 Å². The van der Waals surface area contributed by atoms with Crippen molar-refractivity contribution in [3.8, 4) is 17.2 Å². The lowest BCUT2D eigenvalue weighted by Gasteiger charge is -2.30.